The van der Waals surface area contributed by atoms with Crippen LogP contribution in [0.15, 0.2) is 24.3 Å². The molecule has 0 amide bonds. The van der Waals surface area contributed by atoms with Crippen molar-refractivity contribution in [3.63, 3.8) is 0 Å². The number of allylic oxidation sites excluding steroid dienone is 4. The lowest BCUT2D eigenvalue weighted by Gasteiger charge is -2.02. The van der Waals surface area contributed by atoms with Crippen LogP contribution < -0.4 is 0 Å². The van der Waals surface area contributed by atoms with Gasteiger partial charge in [-0.25, -0.2) is 5.26 Å². The topological polar surface area (TPSA) is 65.0 Å². The first kappa shape index (κ1) is 22.8. The minimum atomic E-state index is -0.379. The number of hydrogen-bond donors (Lipinski definition) is 1. The van der Waals surface area contributed by atoms with E-state index in [2.05, 4.69) is 45.9 Å². The molecule has 0 unspecified atom stereocenters. The molecule has 0 spiro atoms. The normalized spacial score (nSPS) is 11.6. The molecular weight excluding hydrogens is 308 g/mol. The third-order valence-electron chi connectivity index (χ3n) is 3.65. The molecule has 0 rings (SSSR count). The highest BCUT2D eigenvalue weighted by Crippen LogP contribution is 2.08. The first-order valence-electron chi connectivity index (χ1n) is 9.20. The zero-order valence-electron chi connectivity index (χ0n) is 15.1. The second kappa shape index (κ2) is 19.9. The van der Waals surface area contributed by atoms with Crippen molar-refractivity contribution >= 4 is 5.97 Å². The van der Waals surface area contributed by atoms with Crippen LogP contribution in [0.5, 0.6) is 0 Å². The summed E-state index contributed by atoms with van der Waals surface area (Å²) in [5.74, 6) is -0.335. The molecule has 0 aliphatic heterocycles. The molecule has 0 aliphatic carbocycles. The lowest BCUT2D eigenvalue weighted by Crippen LogP contribution is -2.07. The Hall–Kier alpha value is -1.17. The Morgan fingerprint density at radius 3 is 2.17 bits per heavy atom. The molecule has 5 heteroatoms. The van der Waals surface area contributed by atoms with Gasteiger partial charge in [0, 0.05) is 6.42 Å². The zero-order valence-corrected chi connectivity index (χ0v) is 15.1. The Balaban J connectivity index is 3.24. The van der Waals surface area contributed by atoms with Gasteiger partial charge in [0.25, 0.3) is 0 Å². The van der Waals surface area contributed by atoms with Gasteiger partial charge in [-0.2, -0.15) is 4.89 Å². The van der Waals surface area contributed by atoms with E-state index in [0.717, 1.165) is 32.1 Å². The Labute approximate surface area is 146 Å². The minimum Gasteiger partial charge on any atom is -0.435 e. The van der Waals surface area contributed by atoms with Gasteiger partial charge in [0.05, 0.1) is 0 Å². The summed E-state index contributed by atoms with van der Waals surface area (Å²) in [7, 11) is 0. The Kier molecular flexibility index (Phi) is 18.9. The fraction of sp³-hybridized carbons (Fsp3) is 0.737. The van der Waals surface area contributed by atoms with Gasteiger partial charge in [0.1, 0.15) is 0 Å². The molecular formula is C19H34O5. The van der Waals surface area contributed by atoms with E-state index in [1.54, 1.807) is 0 Å². The summed E-state index contributed by atoms with van der Waals surface area (Å²) in [4.78, 5) is 15.2. The van der Waals surface area contributed by atoms with Gasteiger partial charge in [-0.15, -0.1) is 0 Å². The zero-order chi connectivity index (χ0) is 17.7. The SMILES string of the molecule is CCCCC/C=C\C/C=C\CCCCCCCC(=O)OCOOO. The van der Waals surface area contributed by atoms with Crippen molar-refractivity contribution in [2.75, 3.05) is 6.79 Å². The largest absolute Gasteiger partial charge is 0.435 e. The van der Waals surface area contributed by atoms with Gasteiger partial charge in [0.15, 0.2) is 0 Å². The number of hydrogen-bond acceptors (Lipinski definition) is 5. The maximum Gasteiger partial charge on any atom is 0.307 e. The maximum absolute atomic E-state index is 11.2. The summed E-state index contributed by atoms with van der Waals surface area (Å²) in [5, 5.41) is 11.2. The molecule has 1 N–H and O–H groups in total. The highest BCUT2D eigenvalue weighted by molar-refractivity contribution is 5.69. The second-order valence-electron chi connectivity index (χ2n) is 5.81. The molecule has 0 bridgehead atoms. The first-order chi connectivity index (χ1) is 11.8. The van der Waals surface area contributed by atoms with Gasteiger partial charge in [0.2, 0.25) is 6.79 Å². The molecule has 0 aromatic carbocycles. The molecule has 0 fully saturated rings. The Bertz CT molecular complexity index is 326. The van der Waals surface area contributed by atoms with Crippen molar-refractivity contribution in [2.24, 2.45) is 0 Å². The van der Waals surface area contributed by atoms with E-state index in [0.29, 0.717) is 6.42 Å². The minimum absolute atomic E-state index is 0.335. The van der Waals surface area contributed by atoms with Crippen molar-refractivity contribution < 1.29 is 24.7 Å². The van der Waals surface area contributed by atoms with Gasteiger partial charge >= 0.3 is 5.97 Å². The predicted molar refractivity (Wildman–Crippen MR) is 95.1 cm³/mol. The van der Waals surface area contributed by atoms with E-state index in [1.807, 2.05) is 0 Å². The summed E-state index contributed by atoms with van der Waals surface area (Å²) in [6.45, 7) is 1.85. The van der Waals surface area contributed by atoms with E-state index in [1.165, 1.54) is 38.5 Å². The number of carbonyl (C=O) groups is 1. The van der Waals surface area contributed by atoms with Crippen LogP contribution in [0.2, 0.25) is 0 Å². The average molecular weight is 342 g/mol. The third-order valence-corrected chi connectivity index (χ3v) is 3.65. The fourth-order valence-corrected chi connectivity index (χ4v) is 2.26. The molecule has 0 atom stereocenters. The molecule has 0 saturated carbocycles. The number of carbonyl (C=O) groups excluding carboxylic acids is 1. The summed E-state index contributed by atoms with van der Waals surface area (Å²) in [5.41, 5.74) is 0. The highest BCUT2D eigenvalue weighted by Gasteiger charge is 2.02. The van der Waals surface area contributed by atoms with Crippen LogP contribution >= 0.6 is 0 Å². The molecule has 0 aromatic rings. The van der Waals surface area contributed by atoms with E-state index in [9.17, 15) is 4.79 Å². The quantitative estimate of drug-likeness (QED) is 0.0914. The number of esters is 1. The van der Waals surface area contributed by atoms with Gasteiger partial charge < -0.3 is 4.74 Å². The van der Waals surface area contributed by atoms with Crippen LogP contribution in [0.3, 0.4) is 0 Å². The molecule has 140 valence electrons. The molecule has 5 nitrogen and oxygen atoms in total. The fourth-order valence-electron chi connectivity index (χ4n) is 2.26. The van der Waals surface area contributed by atoms with E-state index in [-0.39, 0.29) is 12.8 Å². The van der Waals surface area contributed by atoms with Crippen molar-refractivity contribution in [3.8, 4) is 0 Å². The van der Waals surface area contributed by atoms with Crippen molar-refractivity contribution in [1.82, 2.24) is 0 Å². The number of ether oxygens (including phenoxy) is 1. The molecule has 24 heavy (non-hydrogen) atoms. The molecule has 0 aromatic heterocycles. The maximum atomic E-state index is 11.2. The summed E-state index contributed by atoms with van der Waals surface area (Å²) in [6.07, 6.45) is 22.1. The lowest BCUT2D eigenvalue weighted by molar-refractivity contribution is -0.505. The van der Waals surface area contributed by atoms with Crippen LogP contribution in [0.25, 0.3) is 0 Å². The standard InChI is InChI=1S/C19H34O5/c1-2-3-4-5-6-7-8-9-10-11-12-13-14-15-16-17-19(20)22-18-23-24-21/h6-7,9-10,21H,2-5,8,11-18H2,1H3/b7-6-,10-9-. The highest BCUT2D eigenvalue weighted by atomic mass is 17.5. The van der Waals surface area contributed by atoms with Crippen LogP contribution in [-0.2, 0) is 19.5 Å². The van der Waals surface area contributed by atoms with Crippen molar-refractivity contribution in [3.05, 3.63) is 24.3 Å². The summed E-state index contributed by atoms with van der Waals surface area (Å²) < 4.78 is 4.64. The van der Waals surface area contributed by atoms with E-state index in [4.69, 9.17) is 5.26 Å². The van der Waals surface area contributed by atoms with Crippen LogP contribution in [0.4, 0.5) is 0 Å². The summed E-state index contributed by atoms with van der Waals surface area (Å²) in [6, 6.07) is 0. The monoisotopic (exact) mass is 342 g/mol. The molecule has 0 radical (unpaired) electrons. The molecule has 0 aliphatic rings. The van der Waals surface area contributed by atoms with E-state index >= 15 is 0 Å². The first-order valence-corrected chi connectivity index (χ1v) is 9.20. The van der Waals surface area contributed by atoms with Crippen molar-refractivity contribution in [1.29, 1.82) is 0 Å². The van der Waals surface area contributed by atoms with Crippen LogP contribution in [0.1, 0.15) is 84.0 Å². The van der Waals surface area contributed by atoms with Gasteiger partial charge in [-0.1, -0.05) is 68.4 Å². The van der Waals surface area contributed by atoms with E-state index < -0.39 is 0 Å². The van der Waals surface area contributed by atoms with Crippen LogP contribution in [0, 0.1) is 0 Å². The molecule has 0 saturated heterocycles. The second-order valence-corrected chi connectivity index (χ2v) is 5.81. The third kappa shape index (κ3) is 18.9. The van der Waals surface area contributed by atoms with Gasteiger partial charge in [-0.05, 0) is 38.5 Å². The van der Waals surface area contributed by atoms with Gasteiger partial charge in [-0.3, -0.25) is 4.79 Å². The Morgan fingerprint density at radius 2 is 1.50 bits per heavy atom. The van der Waals surface area contributed by atoms with Crippen molar-refractivity contribution in [2.45, 2.75) is 84.0 Å². The smallest absolute Gasteiger partial charge is 0.307 e. The average Bonchev–Trinajstić information content (AvgIpc) is 2.58. The summed E-state index contributed by atoms with van der Waals surface area (Å²) >= 11 is 0. The van der Waals surface area contributed by atoms with Crippen LogP contribution in [-0.4, -0.2) is 18.0 Å². The Morgan fingerprint density at radius 1 is 0.875 bits per heavy atom. The number of rotatable bonds is 17. The number of unbranched alkanes of at least 4 members (excludes halogenated alkanes) is 8. The molecule has 0 heterocycles. The predicted octanol–water partition coefficient (Wildman–Crippen LogP) is 5.72. The lowest BCUT2D eigenvalue weighted by atomic mass is 10.1.